The monoisotopic (exact) mass is 403 g/mol. The molecule has 0 aliphatic carbocycles. The SMILES string of the molecule is Cc1cc(N(C)C(=O)OC(C)(C)C)ccc1N(C)C(=O)c1cc(N)ccc1Cl. The third-order valence-electron chi connectivity index (χ3n) is 4.12. The average molecular weight is 404 g/mol. The molecule has 2 aromatic rings. The summed E-state index contributed by atoms with van der Waals surface area (Å²) in [6.45, 7) is 7.31. The molecule has 150 valence electrons. The third-order valence-corrected chi connectivity index (χ3v) is 4.45. The maximum atomic E-state index is 12.9. The maximum absolute atomic E-state index is 12.9. The van der Waals surface area contributed by atoms with E-state index in [-0.39, 0.29) is 5.91 Å². The van der Waals surface area contributed by atoms with Crippen molar-refractivity contribution in [3.8, 4) is 0 Å². The number of benzene rings is 2. The third kappa shape index (κ3) is 4.95. The van der Waals surface area contributed by atoms with Gasteiger partial charge in [-0.05, 0) is 69.7 Å². The number of ether oxygens (including phenoxy) is 1. The fraction of sp³-hybridized carbons (Fsp3) is 0.333. The Morgan fingerprint density at radius 2 is 1.68 bits per heavy atom. The lowest BCUT2D eigenvalue weighted by Crippen LogP contribution is -2.34. The summed E-state index contributed by atoms with van der Waals surface area (Å²) < 4.78 is 5.39. The van der Waals surface area contributed by atoms with Crippen molar-refractivity contribution in [3.05, 3.63) is 52.5 Å². The Bertz CT molecular complexity index is 906. The molecule has 2 N–H and O–H groups in total. The second kappa shape index (κ2) is 8.10. The van der Waals surface area contributed by atoms with Gasteiger partial charge in [0.1, 0.15) is 5.60 Å². The number of amides is 2. The quantitative estimate of drug-likeness (QED) is 0.741. The van der Waals surface area contributed by atoms with Crippen LogP contribution in [0.4, 0.5) is 21.9 Å². The first-order valence-corrected chi connectivity index (χ1v) is 9.19. The van der Waals surface area contributed by atoms with Crippen LogP contribution in [0.15, 0.2) is 36.4 Å². The van der Waals surface area contributed by atoms with Crippen LogP contribution in [-0.4, -0.2) is 31.7 Å². The molecular weight excluding hydrogens is 378 g/mol. The van der Waals surface area contributed by atoms with Gasteiger partial charge in [-0.1, -0.05) is 11.6 Å². The smallest absolute Gasteiger partial charge is 0.414 e. The maximum Gasteiger partial charge on any atom is 0.414 e. The highest BCUT2D eigenvalue weighted by Gasteiger charge is 2.22. The first kappa shape index (κ1) is 21.6. The lowest BCUT2D eigenvalue weighted by molar-refractivity contribution is 0.0589. The van der Waals surface area contributed by atoms with Gasteiger partial charge >= 0.3 is 6.09 Å². The molecule has 28 heavy (non-hydrogen) atoms. The van der Waals surface area contributed by atoms with Gasteiger partial charge in [0.05, 0.1) is 10.6 Å². The van der Waals surface area contributed by atoms with Crippen LogP contribution < -0.4 is 15.5 Å². The molecule has 0 aliphatic rings. The van der Waals surface area contributed by atoms with Crippen LogP contribution in [0, 0.1) is 6.92 Å². The number of carbonyl (C=O) groups excluding carboxylic acids is 2. The highest BCUT2D eigenvalue weighted by Crippen LogP contribution is 2.28. The molecule has 0 aliphatic heterocycles. The van der Waals surface area contributed by atoms with Gasteiger partial charge in [-0.25, -0.2) is 4.79 Å². The van der Waals surface area contributed by atoms with Gasteiger partial charge in [0.15, 0.2) is 0 Å². The molecule has 0 radical (unpaired) electrons. The van der Waals surface area contributed by atoms with E-state index < -0.39 is 11.7 Å². The van der Waals surface area contributed by atoms with Crippen molar-refractivity contribution in [1.29, 1.82) is 0 Å². The van der Waals surface area contributed by atoms with Gasteiger partial charge in [-0.3, -0.25) is 9.69 Å². The average Bonchev–Trinajstić information content (AvgIpc) is 2.60. The summed E-state index contributed by atoms with van der Waals surface area (Å²) in [5.41, 5.74) is 8.18. The molecule has 0 saturated carbocycles. The molecule has 0 aromatic heterocycles. The van der Waals surface area contributed by atoms with E-state index in [0.717, 1.165) is 5.56 Å². The number of hydrogen-bond donors (Lipinski definition) is 1. The van der Waals surface area contributed by atoms with Gasteiger partial charge in [0.2, 0.25) is 0 Å². The van der Waals surface area contributed by atoms with Crippen LogP contribution in [0.5, 0.6) is 0 Å². The van der Waals surface area contributed by atoms with E-state index in [4.69, 9.17) is 22.1 Å². The Kier molecular flexibility index (Phi) is 6.24. The molecule has 0 atom stereocenters. The molecule has 2 aromatic carbocycles. The molecular formula is C21H26ClN3O3. The van der Waals surface area contributed by atoms with E-state index in [9.17, 15) is 9.59 Å². The molecule has 0 unspecified atom stereocenters. The molecule has 0 saturated heterocycles. The number of aryl methyl sites for hydroxylation is 1. The number of nitrogen functional groups attached to an aromatic ring is 1. The van der Waals surface area contributed by atoms with Crippen molar-refractivity contribution in [2.24, 2.45) is 0 Å². The highest BCUT2D eigenvalue weighted by molar-refractivity contribution is 6.34. The van der Waals surface area contributed by atoms with Crippen LogP contribution >= 0.6 is 11.6 Å². The van der Waals surface area contributed by atoms with E-state index in [1.165, 1.54) is 9.80 Å². The Labute approximate surface area is 170 Å². The zero-order chi connectivity index (χ0) is 21.2. The zero-order valence-corrected chi connectivity index (χ0v) is 17.8. The number of anilines is 3. The lowest BCUT2D eigenvalue weighted by Gasteiger charge is -2.26. The van der Waals surface area contributed by atoms with E-state index in [1.807, 2.05) is 33.8 Å². The predicted octanol–water partition coefficient (Wildman–Crippen LogP) is 4.88. The summed E-state index contributed by atoms with van der Waals surface area (Å²) in [7, 11) is 3.31. The summed E-state index contributed by atoms with van der Waals surface area (Å²) in [5.74, 6) is -0.270. The standard InChI is InChI=1S/C21H26ClN3O3/c1-13-11-15(24(5)20(27)28-21(2,3)4)8-10-18(13)25(6)19(26)16-12-14(23)7-9-17(16)22/h7-12H,23H2,1-6H3. The summed E-state index contributed by atoms with van der Waals surface area (Å²) in [6.07, 6.45) is -0.448. The first-order valence-electron chi connectivity index (χ1n) is 8.81. The van der Waals surface area contributed by atoms with Gasteiger partial charge in [-0.15, -0.1) is 0 Å². The van der Waals surface area contributed by atoms with E-state index in [1.54, 1.807) is 44.4 Å². The van der Waals surface area contributed by atoms with Crippen LogP contribution in [0.3, 0.4) is 0 Å². The second-order valence-corrected chi connectivity index (χ2v) is 8.02. The summed E-state index contributed by atoms with van der Waals surface area (Å²) >= 11 is 6.16. The molecule has 0 heterocycles. The number of carbonyl (C=O) groups is 2. The van der Waals surface area contributed by atoms with Crippen LogP contribution in [-0.2, 0) is 4.74 Å². The lowest BCUT2D eigenvalue weighted by atomic mass is 10.1. The molecule has 7 heteroatoms. The molecule has 2 amide bonds. The molecule has 0 fully saturated rings. The van der Waals surface area contributed by atoms with Crippen LogP contribution in [0.1, 0.15) is 36.7 Å². The van der Waals surface area contributed by atoms with E-state index in [0.29, 0.717) is 27.6 Å². The van der Waals surface area contributed by atoms with Crippen molar-refractivity contribution >= 4 is 40.7 Å². The minimum atomic E-state index is -0.580. The summed E-state index contributed by atoms with van der Waals surface area (Å²) in [6, 6.07) is 10.2. The number of nitrogens with zero attached hydrogens (tertiary/aromatic N) is 2. The fourth-order valence-corrected chi connectivity index (χ4v) is 2.86. The second-order valence-electron chi connectivity index (χ2n) is 7.61. The van der Waals surface area contributed by atoms with Gasteiger partial charge in [-0.2, -0.15) is 0 Å². The Morgan fingerprint density at radius 1 is 1.04 bits per heavy atom. The van der Waals surface area contributed by atoms with Crippen molar-refractivity contribution < 1.29 is 14.3 Å². The minimum absolute atomic E-state index is 0.270. The Balaban J connectivity index is 2.27. The van der Waals surface area contributed by atoms with Gasteiger partial charge in [0.25, 0.3) is 5.91 Å². The van der Waals surface area contributed by atoms with Gasteiger partial charge in [0, 0.05) is 31.2 Å². The van der Waals surface area contributed by atoms with Crippen molar-refractivity contribution in [2.75, 3.05) is 29.6 Å². The number of rotatable bonds is 3. The van der Waals surface area contributed by atoms with E-state index >= 15 is 0 Å². The van der Waals surface area contributed by atoms with Crippen LogP contribution in [0.2, 0.25) is 5.02 Å². The number of halogens is 1. The van der Waals surface area contributed by atoms with Gasteiger partial charge < -0.3 is 15.4 Å². The van der Waals surface area contributed by atoms with E-state index in [2.05, 4.69) is 0 Å². The number of hydrogen-bond acceptors (Lipinski definition) is 4. The highest BCUT2D eigenvalue weighted by atomic mass is 35.5. The minimum Gasteiger partial charge on any atom is -0.443 e. The summed E-state index contributed by atoms with van der Waals surface area (Å²) in [4.78, 5) is 28.1. The Hall–Kier alpha value is -2.73. The normalized spacial score (nSPS) is 11.1. The first-order chi connectivity index (χ1) is 12.9. The molecule has 0 spiro atoms. The molecule has 6 nitrogen and oxygen atoms in total. The largest absolute Gasteiger partial charge is 0.443 e. The molecule has 0 bridgehead atoms. The predicted molar refractivity (Wildman–Crippen MR) is 114 cm³/mol. The fourth-order valence-electron chi connectivity index (χ4n) is 2.66. The zero-order valence-electron chi connectivity index (χ0n) is 17.0. The van der Waals surface area contributed by atoms with Crippen molar-refractivity contribution in [3.63, 3.8) is 0 Å². The topological polar surface area (TPSA) is 75.9 Å². The van der Waals surface area contributed by atoms with Crippen molar-refractivity contribution in [2.45, 2.75) is 33.3 Å². The van der Waals surface area contributed by atoms with Crippen LogP contribution in [0.25, 0.3) is 0 Å². The number of nitrogens with two attached hydrogens (primary N) is 1. The molecule has 2 rings (SSSR count). The summed E-state index contributed by atoms with van der Waals surface area (Å²) in [5, 5.41) is 0.338. The van der Waals surface area contributed by atoms with Crippen molar-refractivity contribution in [1.82, 2.24) is 0 Å². The Morgan fingerprint density at radius 3 is 2.25 bits per heavy atom.